The fourth-order valence-corrected chi connectivity index (χ4v) is 3.93. The summed E-state index contributed by atoms with van der Waals surface area (Å²) in [6.07, 6.45) is 5.35. The van der Waals surface area contributed by atoms with Crippen molar-refractivity contribution in [1.82, 2.24) is 10.3 Å². The van der Waals surface area contributed by atoms with Crippen molar-refractivity contribution in [1.29, 1.82) is 5.26 Å². The maximum atomic E-state index is 9.44. The Balaban J connectivity index is 1.74. The van der Waals surface area contributed by atoms with Crippen LogP contribution in [0.2, 0.25) is 0 Å². The van der Waals surface area contributed by atoms with Crippen molar-refractivity contribution in [3.8, 4) is 6.07 Å². The molecule has 0 saturated heterocycles. The van der Waals surface area contributed by atoms with E-state index in [0.29, 0.717) is 6.04 Å². The minimum Gasteiger partial charge on any atom is -0.297 e. The van der Waals surface area contributed by atoms with Crippen LogP contribution in [0.15, 0.2) is 9.72 Å². The number of nitriles is 1. The van der Waals surface area contributed by atoms with Crippen LogP contribution in [0, 0.1) is 18.3 Å². The first-order valence-electron chi connectivity index (χ1n) is 6.91. The Labute approximate surface area is 123 Å². The first kappa shape index (κ1) is 14.8. The highest BCUT2D eigenvalue weighted by molar-refractivity contribution is 8.00. The van der Waals surface area contributed by atoms with Crippen molar-refractivity contribution in [3.63, 3.8) is 0 Å². The van der Waals surface area contributed by atoms with Gasteiger partial charge >= 0.3 is 0 Å². The maximum Gasteiger partial charge on any atom is 0.150 e. The van der Waals surface area contributed by atoms with Crippen molar-refractivity contribution in [2.75, 3.05) is 5.75 Å². The summed E-state index contributed by atoms with van der Waals surface area (Å²) in [6.45, 7) is 4.13. The topological polar surface area (TPSA) is 48.7 Å². The Bertz CT molecular complexity index is 448. The van der Waals surface area contributed by atoms with Gasteiger partial charge in [0.25, 0.3) is 0 Å². The molecule has 3 nitrogen and oxygen atoms in total. The third kappa shape index (κ3) is 4.48. The van der Waals surface area contributed by atoms with Crippen molar-refractivity contribution < 1.29 is 0 Å². The van der Waals surface area contributed by atoms with Gasteiger partial charge < -0.3 is 0 Å². The molecule has 1 fully saturated rings. The van der Waals surface area contributed by atoms with Crippen LogP contribution in [-0.4, -0.2) is 22.3 Å². The van der Waals surface area contributed by atoms with E-state index < -0.39 is 0 Å². The normalized spacial score (nSPS) is 17.9. The zero-order chi connectivity index (χ0) is 13.7. The first-order valence-corrected chi connectivity index (χ1v) is 8.78. The predicted molar refractivity (Wildman–Crippen MR) is 81.6 cm³/mol. The summed E-state index contributed by atoms with van der Waals surface area (Å²) in [5, 5.41) is 15.1. The Kier molecular flexibility index (Phi) is 5.26. The molecule has 1 aromatic rings. The number of thiazole rings is 1. The molecule has 0 aromatic carbocycles. The van der Waals surface area contributed by atoms with Gasteiger partial charge in [-0.05, 0) is 39.0 Å². The average molecular weight is 295 g/mol. The highest BCUT2D eigenvalue weighted by Crippen LogP contribution is 2.28. The highest BCUT2D eigenvalue weighted by Gasteiger charge is 2.34. The van der Waals surface area contributed by atoms with E-state index in [-0.39, 0.29) is 5.54 Å². The Morgan fingerprint density at radius 3 is 2.95 bits per heavy atom. The van der Waals surface area contributed by atoms with Crippen molar-refractivity contribution >= 4 is 23.1 Å². The van der Waals surface area contributed by atoms with Crippen LogP contribution >= 0.6 is 23.1 Å². The van der Waals surface area contributed by atoms with Gasteiger partial charge in [0, 0.05) is 22.9 Å². The van der Waals surface area contributed by atoms with Gasteiger partial charge in [0.05, 0.1) is 6.07 Å². The van der Waals surface area contributed by atoms with E-state index in [9.17, 15) is 5.26 Å². The molecule has 0 amide bonds. The van der Waals surface area contributed by atoms with Crippen LogP contribution in [0.5, 0.6) is 0 Å². The van der Waals surface area contributed by atoms with E-state index in [1.165, 1.54) is 12.8 Å². The lowest BCUT2D eigenvalue weighted by Gasteiger charge is -2.26. The lowest BCUT2D eigenvalue weighted by molar-refractivity contribution is 0.367. The predicted octanol–water partition coefficient (Wildman–Crippen LogP) is 3.75. The van der Waals surface area contributed by atoms with Gasteiger partial charge in [0.1, 0.15) is 9.88 Å². The number of hydrogen-bond acceptors (Lipinski definition) is 5. The second-order valence-corrected chi connectivity index (χ2v) is 7.37. The van der Waals surface area contributed by atoms with Gasteiger partial charge in [-0.1, -0.05) is 18.7 Å². The van der Waals surface area contributed by atoms with Crippen LogP contribution < -0.4 is 5.32 Å². The average Bonchev–Trinajstić information content (AvgIpc) is 3.14. The quantitative estimate of drug-likeness (QED) is 0.586. The van der Waals surface area contributed by atoms with E-state index in [1.807, 2.05) is 18.7 Å². The molecule has 1 unspecified atom stereocenters. The standard InChI is InChI=1S/C14H21N3S2/c1-3-14(10-15,17-12-5-6-12)7-4-8-18-13-16-11(2)9-19-13/h9,12,17H,3-8H2,1-2H3. The Morgan fingerprint density at radius 2 is 2.42 bits per heavy atom. The molecular weight excluding hydrogens is 274 g/mol. The molecule has 19 heavy (non-hydrogen) atoms. The van der Waals surface area contributed by atoms with Crippen LogP contribution in [0.25, 0.3) is 0 Å². The second kappa shape index (κ2) is 6.74. The molecular formula is C14H21N3S2. The molecule has 1 aliphatic carbocycles. The van der Waals surface area contributed by atoms with Gasteiger partial charge in [-0.2, -0.15) is 5.26 Å². The van der Waals surface area contributed by atoms with Crippen LogP contribution in [0.3, 0.4) is 0 Å². The number of nitrogens with one attached hydrogen (secondary N) is 1. The molecule has 1 saturated carbocycles. The summed E-state index contributed by atoms with van der Waals surface area (Å²) in [7, 11) is 0. The summed E-state index contributed by atoms with van der Waals surface area (Å²) in [4.78, 5) is 4.44. The smallest absolute Gasteiger partial charge is 0.150 e. The van der Waals surface area contributed by atoms with Crippen LogP contribution in [0.4, 0.5) is 0 Å². The summed E-state index contributed by atoms with van der Waals surface area (Å²) in [5.74, 6) is 1.04. The number of rotatable bonds is 8. The van der Waals surface area contributed by atoms with Crippen molar-refractivity contribution in [3.05, 3.63) is 11.1 Å². The van der Waals surface area contributed by atoms with Crippen molar-refractivity contribution in [2.45, 2.75) is 61.9 Å². The van der Waals surface area contributed by atoms with Gasteiger partial charge in [0.15, 0.2) is 0 Å². The van der Waals surface area contributed by atoms with Gasteiger partial charge in [-0.3, -0.25) is 5.32 Å². The molecule has 0 bridgehead atoms. The Hall–Kier alpha value is -0.570. The molecule has 1 heterocycles. The van der Waals surface area contributed by atoms with Gasteiger partial charge in [-0.25, -0.2) is 4.98 Å². The van der Waals surface area contributed by atoms with Crippen molar-refractivity contribution in [2.24, 2.45) is 0 Å². The molecule has 2 rings (SSSR count). The molecule has 0 aliphatic heterocycles. The van der Waals surface area contributed by atoms with E-state index >= 15 is 0 Å². The molecule has 5 heteroatoms. The molecule has 104 valence electrons. The monoisotopic (exact) mass is 295 g/mol. The first-order chi connectivity index (χ1) is 9.17. The molecule has 1 atom stereocenters. The summed E-state index contributed by atoms with van der Waals surface area (Å²) in [6, 6.07) is 3.10. The SMILES string of the molecule is CCC(C#N)(CCCSc1nc(C)cs1)NC1CC1. The lowest BCUT2D eigenvalue weighted by atomic mass is 9.92. The molecule has 0 spiro atoms. The largest absolute Gasteiger partial charge is 0.297 e. The number of aryl methyl sites for hydroxylation is 1. The molecule has 1 aromatic heterocycles. The van der Waals surface area contributed by atoms with Crippen LogP contribution in [-0.2, 0) is 0 Å². The van der Waals surface area contributed by atoms with Gasteiger partial charge in [0.2, 0.25) is 0 Å². The minimum atomic E-state index is -0.305. The lowest BCUT2D eigenvalue weighted by Crippen LogP contribution is -2.44. The minimum absolute atomic E-state index is 0.305. The molecule has 1 aliphatic rings. The Morgan fingerprint density at radius 1 is 1.63 bits per heavy atom. The van der Waals surface area contributed by atoms with E-state index in [1.54, 1.807) is 11.3 Å². The number of hydrogen-bond donors (Lipinski definition) is 1. The van der Waals surface area contributed by atoms with E-state index in [2.05, 4.69) is 28.7 Å². The summed E-state index contributed by atoms with van der Waals surface area (Å²) < 4.78 is 1.15. The number of aromatic nitrogens is 1. The third-order valence-electron chi connectivity index (χ3n) is 3.45. The van der Waals surface area contributed by atoms with Gasteiger partial charge in [-0.15, -0.1) is 11.3 Å². The highest BCUT2D eigenvalue weighted by atomic mass is 32.2. The number of nitrogens with zero attached hydrogens (tertiary/aromatic N) is 2. The summed E-state index contributed by atoms with van der Waals surface area (Å²) >= 11 is 3.52. The maximum absolute atomic E-state index is 9.44. The van der Waals surface area contributed by atoms with Crippen LogP contribution in [0.1, 0.15) is 44.7 Å². The fraction of sp³-hybridized carbons (Fsp3) is 0.714. The fourth-order valence-electron chi connectivity index (χ4n) is 2.07. The number of thioether (sulfide) groups is 1. The molecule has 1 N–H and O–H groups in total. The zero-order valence-electron chi connectivity index (χ0n) is 11.6. The third-order valence-corrected chi connectivity index (χ3v) is 5.67. The van der Waals surface area contributed by atoms with E-state index in [4.69, 9.17) is 0 Å². The summed E-state index contributed by atoms with van der Waals surface area (Å²) in [5.41, 5.74) is 0.795. The zero-order valence-corrected chi connectivity index (χ0v) is 13.2. The van der Waals surface area contributed by atoms with E-state index in [0.717, 1.165) is 35.0 Å². The second-order valence-electron chi connectivity index (χ2n) is 5.17. The molecule has 0 radical (unpaired) electrons.